The summed E-state index contributed by atoms with van der Waals surface area (Å²) in [5, 5.41) is 21.4. The van der Waals surface area contributed by atoms with Gasteiger partial charge in [0.05, 0.1) is 30.4 Å². The number of hydrogen-bond donors (Lipinski definition) is 2. The monoisotopic (exact) mass is 501 g/mol. The Morgan fingerprint density at radius 1 is 0.919 bits per heavy atom. The maximum atomic E-state index is 13.4. The largest absolute Gasteiger partial charge is 0.508 e. The summed E-state index contributed by atoms with van der Waals surface area (Å²) in [7, 11) is 0. The van der Waals surface area contributed by atoms with Crippen molar-refractivity contribution in [2.75, 3.05) is 18.1 Å². The van der Waals surface area contributed by atoms with Crippen LogP contribution in [0.25, 0.3) is 5.76 Å². The third kappa shape index (κ3) is 5.03. The zero-order valence-electron chi connectivity index (χ0n) is 21.4. The lowest BCUT2D eigenvalue weighted by molar-refractivity contribution is -0.132. The number of anilines is 1. The molecule has 0 radical (unpaired) electrons. The van der Waals surface area contributed by atoms with E-state index in [2.05, 4.69) is 13.8 Å². The van der Waals surface area contributed by atoms with Crippen molar-refractivity contribution in [3.8, 4) is 17.2 Å². The number of carbonyl (C=O) groups excluding carboxylic acids is 2. The molecule has 1 atom stereocenters. The summed E-state index contributed by atoms with van der Waals surface area (Å²) in [6, 6.07) is 17.7. The molecule has 1 unspecified atom stereocenters. The van der Waals surface area contributed by atoms with Crippen LogP contribution < -0.4 is 14.4 Å². The van der Waals surface area contributed by atoms with Gasteiger partial charge in [-0.1, -0.05) is 38.1 Å². The Balaban J connectivity index is 1.91. The smallest absolute Gasteiger partial charge is 0.300 e. The van der Waals surface area contributed by atoms with Gasteiger partial charge in [0.25, 0.3) is 11.7 Å². The third-order valence-electron chi connectivity index (χ3n) is 6.31. The molecule has 4 rings (SSSR count). The number of aliphatic hydroxyl groups is 1. The predicted molar refractivity (Wildman–Crippen MR) is 142 cm³/mol. The Kier molecular flexibility index (Phi) is 7.53. The first-order chi connectivity index (χ1) is 17.8. The fourth-order valence-electron chi connectivity index (χ4n) is 4.47. The van der Waals surface area contributed by atoms with Crippen LogP contribution in [0.4, 0.5) is 5.69 Å². The topological polar surface area (TPSA) is 96.3 Å². The molecular weight excluding hydrogens is 470 g/mol. The maximum absolute atomic E-state index is 13.4. The standard InChI is InChI=1S/C30H31NO6/c1-5-36-23-15-16-24(25(17-23)37-6-2)28(33)26-27(20-9-13-22(32)14-10-20)31(30(35)29(26)34)21-11-7-19(8-12-21)18(3)4/h7-18,27,32-33H,5-6H2,1-4H3/b28-26-. The normalized spacial score (nSPS) is 16.9. The van der Waals surface area contributed by atoms with E-state index < -0.39 is 17.7 Å². The van der Waals surface area contributed by atoms with Gasteiger partial charge < -0.3 is 19.7 Å². The summed E-state index contributed by atoms with van der Waals surface area (Å²) in [4.78, 5) is 28.2. The number of benzene rings is 3. The van der Waals surface area contributed by atoms with Gasteiger partial charge in [-0.2, -0.15) is 0 Å². The molecule has 0 bridgehead atoms. The summed E-state index contributed by atoms with van der Waals surface area (Å²) in [6.07, 6.45) is 0. The van der Waals surface area contributed by atoms with Crippen LogP contribution >= 0.6 is 0 Å². The molecule has 192 valence electrons. The number of aromatic hydroxyl groups is 1. The average molecular weight is 502 g/mol. The zero-order valence-corrected chi connectivity index (χ0v) is 21.4. The number of phenolic OH excluding ortho intramolecular Hbond substituents is 1. The molecule has 2 N–H and O–H groups in total. The molecule has 7 heteroatoms. The molecule has 1 amide bonds. The number of amides is 1. The summed E-state index contributed by atoms with van der Waals surface area (Å²) in [5.74, 6) is -0.655. The highest BCUT2D eigenvalue weighted by molar-refractivity contribution is 6.51. The Bertz CT molecular complexity index is 1330. The first kappa shape index (κ1) is 25.8. The van der Waals surface area contributed by atoms with Gasteiger partial charge in [0, 0.05) is 11.8 Å². The maximum Gasteiger partial charge on any atom is 0.300 e. The number of aliphatic hydroxyl groups excluding tert-OH is 1. The Hall–Kier alpha value is -4.26. The summed E-state index contributed by atoms with van der Waals surface area (Å²) >= 11 is 0. The molecule has 3 aromatic rings. The summed E-state index contributed by atoms with van der Waals surface area (Å²) in [5.41, 5.74) is 2.41. The molecule has 1 saturated heterocycles. The number of nitrogens with zero attached hydrogens (tertiary/aromatic N) is 1. The number of hydrogen-bond acceptors (Lipinski definition) is 6. The Labute approximate surface area is 216 Å². The van der Waals surface area contributed by atoms with Crippen LogP contribution in [0.15, 0.2) is 72.3 Å². The summed E-state index contributed by atoms with van der Waals surface area (Å²) in [6.45, 7) is 8.61. The van der Waals surface area contributed by atoms with E-state index in [0.717, 1.165) is 5.56 Å². The molecule has 1 aliphatic heterocycles. The number of carbonyl (C=O) groups is 2. The van der Waals surface area contributed by atoms with Crippen molar-refractivity contribution >= 4 is 23.1 Å². The zero-order chi connectivity index (χ0) is 26.7. The van der Waals surface area contributed by atoms with E-state index in [1.54, 1.807) is 42.5 Å². The summed E-state index contributed by atoms with van der Waals surface area (Å²) < 4.78 is 11.3. The van der Waals surface area contributed by atoms with Crippen LogP contribution in [0.5, 0.6) is 17.2 Å². The Morgan fingerprint density at radius 2 is 1.57 bits per heavy atom. The van der Waals surface area contributed by atoms with Gasteiger partial charge >= 0.3 is 0 Å². The first-order valence-corrected chi connectivity index (χ1v) is 12.4. The van der Waals surface area contributed by atoms with E-state index in [1.165, 1.54) is 17.0 Å². The van der Waals surface area contributed by atoms with Crippen LogP contribution in [0.1, 0.15) is 56.3 Å². The number of ether oxygens (including phenoxy) is 2. The highest BCUT2D eigenvalue weighted by atomic mass is 16.5. The van der Waals surface area contributed by atoms with Crippen LogP contribution in [0, 0.1) is 0 Å². The molecule has 1 fully saturated rings. The minimum absolute atomic E-state index is 0.0483. The van der Waals surface area contributed by atoms with Crippen LogP contribution in [-0.4, -0.2) is 35.1 Å². The quantitative estimate of drug-likeness (QED) is 0.225. The highest BCUT2D eigenvalue weighted by Crippen LogP contribution is 2.44. The number of Topliss-reactive ketones (excluding diaryl/α,β-unsaturated/α-hetero) is 1. The third-order valence-corrected chi connectivity index (χ3v) is 6.31. The number of phenols is 1. The van der Waals surface area contributed by atoms with E-state index in [-0.39, 0.29) is 22.6 Å². The van der Waals surface area contributed by atoms with Gasteiger partial charge in [0.2, 0.25) is 0 Å². The fourth-order valence-corrected chi connectivity index (χ4v) is 4.47. The minimum Gasteiger partial charge on any atom is -0.508 e. The van der Waals surface area contributed by atoms with Crippen LogP contribution in [0.2, 0.25) is 0 Å². The molecule has 0 aliphatic carbocycles. The van der Waals surface area contributed by atoms with E-state index >= 15 is 0 Å². The van der Waals surface area contributed by atoms with Gasteiger partial charge in [-0.05, 0) is 67.3 Å². The molecular formula is C30H31NO6. The lowest BCUT2D eigenvalue weighted by Crippen LogP contribution is -2.29. The van der Waals surface area contributed by atoms with Crippen molar-refractivity contribution in [1.29, 1.82) is 0 Å². The van der Waals surface area contributed by atoms with Gasteiger partial charge in [0.15, 0.2) is 0 Å². The SMILES string of the molecule is CCOc1ccc(/C(O)=C2/C(=O)C(=O)N(c3ccc(C(C)C)cc3)C2c2ccc(O)cc2)c(OCC)c1. The second kappa shape index (κ2) is 10.8. The lowest BCUT2D eigenvalue weighted by atomic mass is 9.94. The first-order valence-electron chi connectivity index (χ1n) is 12.4. The number of ketones is 1. The molecule has 0 saturated carbocycles. The van der Waals surface area contributed by atoms with Gasteiger partial charge in [-0.25, -0.2) is 0 Å². The number of rotatable bonds is 8. The molecule has 7 nitrogen and oxygen atoms in total. The van der Waals surface area contributed by atoms with E-state index in [0.29, 0.717) is 41.9 Å². The van der Waals surface area contributed by atoms with Crippen molar-refractivity contribution in [2.24, 2.45) is 0 Å². The van der Waals surface area contributed by atoms with E-state index in [4.69, 9.17) is 9.47 Å². The van der Waals surface area contributed by atoms with Crippen molar-refractivity contribution < 1.29 is 29.3 Å². The average Bonchev–Trinajstić information content (AvgIpc) is 3.15. The van der Waals surface area contributed by atoms with Crippen molar-refractivity contribution in [1.82, 2.24) is 0 Å². The molecule has 1 heterocycles. The van der Waals surface area contributed by atoms with Gasteiger partial charge in [-0.15, -0.1) is 0 Å². The van der Waals surface area contributed by atoms with Crippen molar-refractivity contribution in [2.45, 2.75) is 39.7 Å². The lowest BCUT2D eigenvalue weighted by Gasteiger charge is -2.26. The van der Waals surface area contributed by atoms with Gasteiger partial charge in [-0.3, -0.25) is 14.5 Å². The van der Waals surface area contributed by atoms with Crippen LogP contribution in [0.3, 0.4) is 0 Å². The van der Waals surface area contributed by atoms with Gasteiger partial charge in [0.1, 0.15) is 23.0 Å². The minimum atomic E-state index is -0.911. The second-order valence-electron chi connectivity index (χ2n) is 9.03. The Morgan fingerprint density at radius 3 is 2.16 bits per heavy atom. The molecule has 0 aromatic heterocycles. The molecule has 37 heavy (non-hydrogen) atoms. The molecule has 3 aromatic carbocycles. The van der Waals surface area contributed by atoms with E-state index in [9.17, 15) is 19.8 Å². The van der Waals surface area contributed by atoms with E-state index in [1.807, 2.05) is 26.0 Å². The molecule has 0 spiro atoms. The van der Waals surface area contributed by atoms with Crippen molar-refractivity contribution in [3.05, 3.63) is 89.0 Å². The highest BCUT2D eigenvalue weighted by Gasteiger charge is 2.47. The molecule has 1 aliphatic rings. The second-order valence-corrected chi connectivity index (χ2v) is 9.03. The van der Waals surface area contributed by atoms with Crippen LogP contribution in [-0.2, 0) is 9.59 Å². The predicted octanol–water partition coefficient (Wildman–Crippen LogP) is 5.94. The van der Waals surface area contributed by atoms with Crippen molar-refractivity contribution in [3.63, 3.8) is 0 Å². The fraction of sp³-hybridized carbons (Fsp3) is 0.267.